The maximum absolute atomic E-state index is 12.2. The first-order valence-corrected chi connectivity index (χ1v) is 7.87. The minimum absolute atomic E-state index is 0.112. The molecule has 0 aromatic heterocycles. The van der Waals surface area contributed by atoms with Gasteiger partial charge in [0.2, 0.25) is 5.75 Å². The maximum Gasteiger partial charge on any atom is 0.203 e. The minimum atomic E-state index is -1.16. The Hall–Kier alpha value is -1.27. The van der Waals surface area contributed by atoms with Crippen molar-refractivity contribution in [3.8, 4) is 17.2 Å². The van der Waals surface area contributed by atoms with Crippen LogP contribution < -0.4 is 18.9 Å². The Morgan fingerprint density at radius 3 is 1.86 bits per heavy atom. The topological polar surface area (TPSA) is 56.8 Å². The van der Waals surface area contributed by atoms with E-state index in [0.29, 0.717) is 17.2 Å². The molecule has 1 rings (SSSR count). The smallest absolute Gasteiger partial charge is 0.203 e. The third kappa shape index (κ3) is 4.35. The number of ether oxygens (including phenoxy) is 3. The largest absolute Gasteiger partial charge is 0.493 e. The lowest BCUT2D eigenvalue weighted by Crippen LogP contribution is -2.34. The summed E-state index contributed by atoms with van der Waals surface area (Å²) in [6, 6.07) is 3.61. The molecule has 0 amide bonds. The molecule has 1 aromatic rings. The van der Waals surface area contributed by atoms with Crippen LogP contribution in [0, 0.1) is 0 Å². The Kier molecular flexibility index (Phi) is 6.04. The van der Waals surface area contributed by atoms with Crippen molar-refractivity contribution in [1.29, 1.82) is 0 Å². The third-order valence-electron chi connectivity index (χ3n) is 3.03. The van der Waals surface area contributed by atoms with E-state index in [9.17, 15) is 4.21 Å². The van der Waals surface area contributed by atoms with Crippen molar-refractivity contribution in [2.75, 3.05) is 21.3 Å². The van der Waals surface area contributed by atoms with Gasteiger partial charge in [0, 0.05) is 6.04 Å². The van der Waals surface area contributed by atoms with Gasteiger partial charge in [-0.05, 0) is 45.4 Å². The number of benzene rings is 1. The molecule has 0 aliphatic rings. The van der Waals surface area contributed by atoms with Crippen LogP contribution in [0.3, 0.4) is 0 Å². The molecule has 120 valence electrons. The molecule has 21 heavy (non-hydrogen) atoms. The number of rotatable bonds is 6. The number of hydrogen-bond acceptors (Lipinski definition) is 4. The fraction of sp³-hybridized carbons (Fsp3) is 0.600. The lowest BCUT2D eigenvalue weighted by molar-refractivity contribution is 0.323. The first-order chi connectivity index (χ1) is 9.74. The molecule has 1 aromatic carbocycles. The SMILES string of the molecule is COc1cc([C@@H](C)N[S@@](=O)C(C)(C)C)cc(OC)c1OC. The highest BCUT2D eigenvalue weighted by molar-refractivity contribution is 7.84. The summed E-state index contributed by atoms with van der Waals surface area (Å²) in [6.45, 7) is 7.73. The lowest BCUT2D eigenvalue weighted by Gasteiger charge is -2.23. The van der Waals surface area contributed by atoms with Gasteiger partial charge in [-0.2, -0.15) is 0 Å². The molecule has 0 saturated heterocycles. The van der Waals surface area contributed by atoms with Crippen molar-refractivity contribution < 1.29 is 18.4 Å². The van der Waals surface area contributed by atoms with Crippen LogP contribution in [0.4, 0.5) is 0 Å². The quantitative estimate of drug-likeness (QED) is 0.877. The van der Waals surface area contributed by atoms with E-state index in [1.807, 2.05) is 39.8 Å². The molecule has 0 spiro atoms. The predicted molar refractivity (Wildman–Crippen MR) is 85.5 cm³/mol. The highest BCUT2D eigenvalue weighted by Gasteiger charge is 2.23. The first kappa shape index (κ1) is 17.8. The molecule has 0 unspecified atom stereocenters. The monoisotopic (exact) mass is 315 g/mol. The van der Waals surface area contributed by atoms with E-state index in [1.54, 1.807) is 21.3 Å². The number of methoxy groups -OCH3 is 3. The molecule has 1 N–H and O–H groups in total. The Balaban J connectivity index is 3.10. The second kappa shape index (κ2) is 7.13. The lowest BCUT2D eigenvalue weighted by atomic mass is 10.1. The van der Waals surface area contributed by atoms with E-state index in [0.717, 1.165) is 5.56 Å². The van der Waals surface area contributed by atoms with E-state index >= 15 is 0 Å². The molecule has 0 bridgehead atoms. The summed E-state index contributed by atoms with van der Waals surface area (Å²) in [6.07, 6.45) is 0. The molecule has 0 saturated carbocycles. The van der Waals surface area contributed by atoms with Gasteiger partial charge in [-0.3, -0.25) is 0 Å². The second-order valence-electron chi connectivity index (χ2n) is 5.68. The molecular formula is C15H25NO4S. The van der Waals surface area contributed by atoms with E-state index in [-0.39, 0.29) is 10.8 Å². The van der Waals surface area contributed by atoms with Crippen LogP contribution in [0.5, 0.6) is 17.2 Å². The summed E-state index contributed by atoms with van der Waals surface area (Å²) >= 11 is 0. The summed E-state index contributed by atoms with van der Waals surface area (Å²) in [5.74, 6) is 1.72. The number of hydrogen-bond donors (Lipinski definition) is 1. The Labute approximate surface area is 129 Å². The summed E-state index contributed by atoms with van der Waals surface area (Å²) in [7, 11) is 3.56. The molecular weight excluding hydrogens is 290 g/mol. The molecule has 0 radical (unpaired) electrons. The van der Waals surface area contributed by atoms with Crippen LogP contribution in [0.1, 0.15) is 39.3 Å². The normalized spacial score (nSPS) is 14.4. The first-order valence-electron chi connectivity index (χ1n) is 6.72. The molecule has 2 atom stereocenters. The van der Waals surface area contributed by atoms with Crippen LogP contribution in [-0.4, -0.2) is 30.3 Å². The third-order valence-corrected chi connectivity index (χ3v) is 4.71. The molecule has 6 heteroatoms. The summed E-state index contributed by atoms with van der Waals surface area (Å²) in [4.78, 5) is 0. The van der Waals surface area contributed by atoms with E-state index in [2.05, 4.69) is 4.72 Å². The highest BCUT2D eigenvalue weighted by Crippen LogP contribution is 2.39. The Morgan fingerprint density at radius 2 is 1.52 bits per heavy atom. The fourth-order valence-corrected chi connectivity index (χ4v) is 2.57. The van der Waals surface area contributed by atoms with Crippen molar-refractivity contribution in [2.45, 2.75) is 38.5 Å². The molecule has 0 aliphatic carbocycles. The number of nitrogens with one attached hydrogen (secondary N) is 1. The zero-order chi connectivity index (χ0) is 16.2. The second-order valence-corrected chi connectivity index (χ2v) is 7.68. The van der Waals surface area contributed by atoms with Crippen molar-refractivity contribution in [2.24, 2.45) is 0 Å². The van der Waals surface area contributed by atoms with Gasteiger partial charge in [0.1, 0.15) is 0 Å². The average Bonchev–Trinajstić information content (AvgIpc) is 2.44. The van der Waals surface area contributed by atoms with Crippen molar-refractivity contribution in [3.63, 3.8) is 0 Å². The zero-order valence-corrected chi connectivity index (χ0v) is 14.6. The average molecular weight is 315 g/mol. The van der Waals surface area contributed by atoms with Crippen LogP contribution >= 0.6 is 0 Å². The van der Waals surface area contributed by atoms with Crippen molar-refractivity contribution in [1.82, 2.24) is 4.72 Å². The van der Waals surface area contributed by atoms with Crippen LogP contribution in [-0.2, 0) is 11.0 Å². The van der Waals surface area contributed by atoms with Crippen molar-refractivity contribution >= 4 is 11.0 Å². The molecule has 0 heterocycles. The van der Waals surface area contributed by atoms with Gasteiger partial charge >= 0.3 is 0 Å². The van der Waals surface area contributed by atoms with E-state index < -0.39 is 11.0 Å². The van der Waals surface area contributed by atoms with Crippen LogP contribution in [0.15, 0.2) is 12.1 Å². The molecule has 5 nitrogen and oxygen atoms in total. The molecule has 0 aliphatic heterocycles. The maximum atomic E-state index is 12.2. The van der Waals surface area contributed by atoms with Crippen LogP contribution in [0.2, 0.25) is 0 Å². The van der Waals surface area contributed by atoms with Crippen LogP contribution in [0.25, 0.3) is 0 Å². The van der Waals surface area contributed by atoms with E-state index in [1.165, 1.54) is 0 Å². The Bertz CT molecular complexity index is 486. The van der Waals surface area contributed by atoms with Gasteiger partial charge < -0.3 is 14.2 Å². The van der Waals surface area contributed by atoms with Gasteiger partial charge in [-0.1, -0.05) is 0 Å². The van der Waals surface area contributed by atoms with Gasteiger partial charge in [-0.15, -0.1) is 0 Å². The van der Waals surface area contributed by atoms with Gasteiger partial charge in [0.25, 0.3) is 0 Å². The van der Waals surface area contributed by atoms with E-state index in [4.69, 9.17) is 14.2 Å². The minimum Gasteiger partial charge on any atom is -0.493 e. The van der Waals surface area contributed by atoms with Crippen molar-refractivity contribution in [3.05, 3.63) is 17.7 Å². The van der Waals surface area contributed by atoms with Gasteiger partial charge in [0.15, 0.2) is 11.5 Å². The van der Waals surface area contributed by atoms with Gasteiger partial charge in [0.05, 0.1) is 37.1 Å². The Morgan fingerprint density at radius 1 is 1.05 bits per heavy atom. The summed E-state index contributed by atoms with van der Waals surface area (Å²) < 4.78 is 30.9. The zero-order valence-electron chi connectivity index (χ0n) is 13.8. The standard InChI is InChI=1S/C15H25NO4S/c1-10(16-21(17)15(2,3)4)11-8-12(18-5)14(20-7)13(9-11)19-6/h8-10,16H,1-7H3/t10-,21+/m1/s1. The summed E-state index contributed by atoms with van der Waals surface area (Å²) in [5.41, 5.74) is 0.919. The summed E-state index contributed by atoms with van der Waals surface area (Å²) in [5, 5.41) is 0. The molecule has 0 fully saturated rings. The highest BCUT2D eigenvalue weighted by atomic mass is 32.2. The predicted octanol–water partition coefficient (Wildman–Crippen LogP) is 2.83. The fourth-order valence-electron chi connectivity index (χ4n) is 1.76. The van der Waals surface area contributed by atoms with Gasteiger partial charge in [-0.25, -0.2) is 8.93 Å².